The summed E-state index contributed by atoms with van der Waals surface area (Å²) in [6.07, 6.45) is 2.64. The van der Waals surface area contributed by atoms with Crippen LogP contribution in [0.5, 0.6) is 0 Å². The highest BCUT2D eigenvalue weighted by molar-refractivity contribution is 5.91. The van der Waals surface area contributed by atoms with Crippen LogP contribution >= 0.6 is 0 Å². The second-order valence-corrected chi connectivity index (χ2v) is 2.82. The van der Waals surface area contributed by atoms with Crippen molar-refractivity contribution >= 4 is 11.9 Å². The summed E-state index contributed by atoms with van der Waals surface area (Å²) in [7, 11) is 0. The number of ether oxygens (including phenoxy) is 2. The molecule has 0 radical (unpaired) electrons. The third-order valence-corrected chi connectivity index (χ3v) is 1.45. The maximum Gasteiger partial charge on any atom is 0.331 e. The molecule has 0 amide bonds. The van der Waals surface area contributed by atoms with E-state index in [4.69, 9.17) is 10.2 Å². The van der Waals surface area contributed by atoms with Gasteiger partial charge in [0.15, 0.2) is 0 Å². The van der Waals surface area contributed by atoms with E-state index in [-0.39, 0.29) is 26.4 Å². The fourth-order valence-electron chi connectivity index (χ4n) is 0.707. The zero-order chi connectivity index (χ0) is 12.2. The minimum atomic E-state index is -0.660. The summed E-state index contributed by atoms with van der Waals surface area (Å²) in [6, 6.07) is 0. The minimum Gasteiger partial charge on any atom is -0.462 e. The van der Waals surface area contributed by atoms with Crippen LogP contribution in [0.3, 0.4) is 0 Å². The van der Waals surface area contributed by atoms with Crippen molar-refractivity contribution in [2.75, 3.05) is 26.4 Å². The number of carbonyl (C=O) groups excluding carboxylic acids is 2. The number of aliphatic hydroxyl groups excluding tert-OH is 2. The van der Waals surface area contributed by atoms with Gasteiger partial charge in [0.25, 0.3) is 0 Å². The number of hydrogen-bond acceptors (Lipinski definition) is 6. The maximum atomic E-state index is 10.9. The Labute approximate surface area is 93.5 Å². The normalized spacial score (nSPS) is 10.4. The van der Waals surface area contributed by atoms with Gasteiger partial charge in [0.05, 0.1) is 13.2 Å². The number of hydrogen-bond donors (Lipinski definition) is 2. The average Bonchev–Trinajstić information content (AvgIpc) is 2.27. The number of carbonyl (C=O) groups is 2. The van der Waals surface area contributed by atoms with Crippen LogP contribution in [0.1, 0.15) is 12.8 Å². The number of esters is 2. The predicted molar refractivity (Wildman–Crippen MR) is 54.5 cm³/mol. The molecule has 6 nitrogen and oxygen atoms in total. The molecule has 0 atom stereocenters. The lowest BCUT2D eigenvalue weighted by Gasteiger charge is -2.00. The standard InChI is InChI=1S/C10H16O6/c11-5-1-7-15-9(13)3-4-10(14)16-8-2-6-12/h3-4,11-12H,1-2,5-8H2/b4-3-. The summed E-state index contributed by atoms with van der Waals surface area (Å²) in [5, 5.41) is 16.8. The summed E-state index contributed by atoms with van der Waals surface area (Å²) in [5.41, 5.74) is 0. The summed E-state index contributed by atoms with van der Waals surface area (Å²) >= 11 is 0. The van der Waals surface area contributed by atoms with Crippen molar-refractivity contribution in [1.29, 1.82) is 0 Å². The highest BCUT2D eigenvalue weighted by Crippen LogP contribution is 1.88. The summed E-state index contributed by atoms with van der Waals surface area (Å²) < 4.78 is 9.25. The lowest BCUT2D eigenvalue weighted by Crippen LogP contribution is -2.07. The summed E-state index contributed by atoms with van der Waals surface area (Å²) in [4.78, 5) is 21.8. The Morgan fingerprint density at radius 3 is 1.56 bits per heavy atom. The van der Waals surface area contributed by atoms with E-state index in [9.17, 15) is 9.59 Å². The first-order valence-electron chi connectivity index (χ1n) is 4.94. The molecule has 0 aromatic carbocycles. The van der Waals surface area contributed by atoms with Crippen LogP contribution in [0.2, 0.25) is 0 Å². The van der Waals surface area contributed by atoms with Crippen molar-refractivity contribution in [3.63, 3.8) is 0 Å². The molecule has 2 N–H and O–H groups in total. The van der Waals surface area contributed by atoms with E-state index in [2.05, 4.69) is 9.47 Å². The SMILES string of the molecule is O=C(/C=C\C(=O)OCCCO)OCCCO. The third-order valence-electron chi connectivity index (χ3n) is 1.45. The van der Waals surface area contributed by atoms with Crippen molar-refractivity contribution in [3.8, 4) is 0 Å². The largest absolute Gasteiger partial charge is 0.462 e. The third kappa shape index (κ3) is 9.17. The van der Waals surface area contributed by atoms with E-state index in [0.29, 0.717) is 12.8 Å². The van der Waals surface area contributed by atoms with Crippen LogP contribution in [0.25, 0.3) is 0 Å². The van der Waals surface area contributed by atoms with Crippen LogP contribution in [-0.2, 0) is 19.1 Å². The first kappa shape index (κ1) is 14.6. The van der Waals surface area contributed by atoms with Crippen LogP contribution in [0, 0.1) is 0 Å². The van der Waals surface area contributed by atoms with Crippen LogP contribution in [0.4, 0.5) is 0 Å². The van der Waals surface area contributed by atoms with E-state index in [0.717, 1.165) is 12.2 Å². The molecule has 0 saturated carbocycles. The molecule has 0 rings (SSSR count). The molecule has 0 unspecified atom stereocenters. The lowest BCUT2D eigenvalue weighted by atomic mass is 10.4. The van der Waals surface area contributed by atoms with Gasteiger partial charge in [-0.25, -0.2) is 9.59 Å². The Kier molecular flexibility index (Phi) is 9.24. The van der Waals surface area contributed by atoms with Gasteiger partial charge in [0, 0.05) is 38.2 Å². The van der Waals surface area contributed by atoms with Crippen molar-refractivity contribution in [1.82, 2.24) is 0 Å². The zero-order valence-electron chi connectivity index (χ0n) is 8.92. The fourth-order valence-corrected chi connectivity index (χ4v) is 0.707. The van der Waals surface area contributed by atoms with Crippen molar-refractivity contribution in [2.45, 2.75) is 12.8 Å². The van der Waals surface area contributed by atoms with Crippen molar-refractivity contribution in [2.24, 2.45) is 0 Å². The Morgan fingerprint density at radius 1 is 0.875 bits per heavy atom. The molecule has 0 spiro atoms. The highest BCUT2D eigenvalue weighted by Gasteiger charge is 2.00. The quantitative estimate of drug-likeness (QED) is 0.329. The molecule has 6 heteroatoms. The molecule has 0 aliphatic rings. The van der Waals surface area contributed by atoms with Crippen LogP contribution in [-0.4, -0.2) is 48.6 Å². The molecule has 0 heterocycles. The van der Waals surface area contributed by atoms with E-state index in [1.165, 1.54) is 0 Å². The molecule has 0 aromatic rings. The van der Waals surface area contributed by atoms with Gasteiger partial charge in [-0.3, -0.25) is 0 Å². The molecule has 0 aromatic heterocycles. The Bertz CT molecular complexity index is 211. The first-order chi connectivity index (χ1) is 7.70. The highest BCUT2D eigenvalue weighted by atomic mass is 16.5. The molecule has 92 valence electrons. The van der Waals surface area contributed by atoms with Gasteiger partial charge in [0.1, 0.15) is 0 Å². The Balaban J connectivity index is 3.63. The summed E-state index contributed by atoms with van der Waals surface area (Å²) in [6.45, 7) is 0.110. The molecule has 0 fully saturated rings. The van der Waals surface area contributed by atoms with Gasteiger partial charge in [-0.05, 0) is 0 Å². The molecule has 0 aliphatic heterocycles. The smallest absolute Gasteiger partial charge is 0.331 e. The Hall–Kier alpha value is -1.40. The topological polar surface area (TPSA) is 93.1 Å². The average molecular weight is 232 g/mol. The van der Waals surface area contributed by atoms with Gasteiger partial charge < -0.3 is 19.7 Å². The molecule has 0 saturated heterocycles. The van der Waals surface area contributed by atoms with Gasteiger partial charge in [-0.15, -0.1) is 0 Å². The molecule has 16 heavy (non-hydrogen) atoms. The number of aliphatic hydroxyl groups is 2. The Morgan fingerprint density at radius 2 is 1.25 bits per heavy atom. The van der Waals surface area contributed by atoms with E-state index in [1.54, 1.807) is 0 Å². The molecule has 0 aliphatic carbocycles. The van der Waals surface area contributed by atoms with Gasteiger partial charge in [0.2, 0.25) is 0 Å². The lowest BCUT2D eigenvalue weighted by molar-refractivity contribution is -0.140. The van der Waals surface area contributed by atoms with Crippen LogP contribution in [0.15, 0.2) is 12.2 Å². The van der Waals surface area contributed by atoms with Crippen molar-refractivity contribution < 1.29 is 29.3 Å². The maximum absolute atomic E-state index is 10.9. The van der Waals surface area contributed by atoms with Crippen molar-refractivity contribution in [3.05, 3.63) is 12.2 Å². The van der Waals surface area contributed by atoms with Gasteiger partial charge >= 0.3 is 11.9 Å². The minimum absolute atomic E-state index is 0.0554. The fraction of sp³-hybridized carbons (Fsp3) is 0.600. The first-order valence-corrected chi connectivity index (χ1v) is 4.94. The predicted octanol–water partition coefficient (Wildman–Crippen LogP) is -0.606. The monoisotopic (exact) mass is 232 g/mol. The second-order valence-electron chi connectivity index (χ2n) is 2.82. The zero-order valence-corrected chi connectivity index (χ0v) is 8.92. The molecular formula is C10H16O6. The molecular weight excluding hydrogens is 216 g/mol. The van der Waals surface area contributed by atoms with E-state index < -0.39 is 11.9 Å². The van der Waals surface area contributed by atoms with Crippen LogP contribution < -0.4 is 0 Å². The van der Waals surface area contributed by atoms with E-state index >= 15 is 0 Å². The van der Waals surface area contributed by atoms with Gasteiger partial charge in [-0.2, -0.15) is 0 Å². The molecule has 0 bridgehead atoms. The summed E-state index contributed by atoms with van der Waals surface area (Å²) in [5.74, 6) is -1.32. The van der Waals surface area contributed by atoms with Gasteiger partial charge in [-0.1, -0.05) is 0 Å². The van der Waals surface area contributed by atoms with E-state index in [1.807, 2.05) is 0 Å². The second kappa shape index (κ2) is 10.1. The number of rotatable bonds is 8.